The van der Waals surface area contributed by atoms with Gasteiger partial charge in [-0.1, -0.05) is 12.1 Å². The van der Waals surface area contributed by atoms with Gasteiger partial charge >= 0.3 is 0 Å². The molecule has 0 amide bonds. The molecule has 2 aromatic carbocycles. The summed E-state index contributed by atoms with van der Waals surface area (Å²) in [5.41, 5.74) is 2.50. The van der Waals surface area contributed by atoms with E-state index in [1.807, 2.05) is 19.9 Å². The number of ketones is 1. The molecule has 1 unspecified atom stereocenters. The van der Waals surface area contributed by atoms with Gasteiger partial charge in [0.2, 0.25) is 0 Å². The third-order valence-electron chi connectivity index (χ3n) is 4.71. The lowest BCUT2D eigenvalue weighted by molar-refractivity contribution is 0.0914. The zero-order valence-electron chi connectivity index (χ0n) is 13.7. The topological polar surface area (TPSA) is 35.5 Å². The van der Waals surface area contributed by atoms with Crippen LogP contribution in [0.25, 0.3) is 0 Å². The quantitative estimate of drug-likeness (QED) is 0.863. The minimum atomic E-state index is -0.722. The Hall–Kier alpha value is -2.36. The van der Waals surface area contributed by atoms with Crippen molar-refractivity contribution in [2.24, 2.45) is 0 Å². The summed E-state index contributed by atoms with van der Waals surface area (Å²) in [5, 5.41) is 0. The van der Waals surface area contributed by atoms with E-state index in [9.17, 15) is 9.18 Å². The van der Waals surface area contributed by atoms with Gasteiger partial charge in [-0.15, -0.1) is 0 Å². The second kappa shape index (κ2) is 5.37. The minimum absolute atomic E-state index is 0.0394. The number of Topliss-reactive ketones (excluding diaryl/α,β-unsaturated/α-hetero) is 1. The summed E-state index contributed by atoms with van der Waals surface area (Å²) < 4.78 is 24.1. The highest BCUT2D eigenvalue weighted by molar-refractivity contribution is 6.10. The smallest absolute Gasteiger partial charge is 0.174 e. The lowest BCUT2D eigenvalue weighted by Gasteiger charge is -2.22. The maximum absolute atomic E-state index is 13.2. The molecule has 0 aliphatic heterocycles. The predicted molar refractivity (Wildman–Crippen MR) is 86.1 cm³/mol. The van der Waals surface area contributed by atoms with E-state index >= 15 is 0 Å². The molecular formula is C19H19FO3. The standard InChI is InChI=1S/C19H19FO3/c1-11-9-15(22-3)17(23-4)14-10-19(2,18(21)16(11)14)12-5-7-13(20)8-6-12/h5-9H,10H2,1-4H3. The van der Waals surface area contributed by atoms with Gasteiger partial charge < -0.3 is 9.47 Å². The highest BCUT2D eigenvalue weighted by atomic mass is 19.1. The summed E-state index contributed by atoms with van der Waals surface area (Å²) in [4.78, 5) is 13.1. The summed E-state index contributed by atoms with van der Waals surface area (Å²) >= 11 is 0. The van der Waals surface area contributed by atoms with Gasteiger partial charge in [0.25, 0.3) is 0 Å². The number of aryl methyl sites for hydroxylation is 1. The van der Waals surface area contributed by atoms with Gasteiger partial charge in [-0.25, -0.2) is 4.39 Å². The zero-order chi connectivity index (χ0) is 16.8. The van der Waals surface area contributed by atoms with Crippen LogP contribution in [0, 0.1) is 12.7 Å². The number of halogens is 1. The Bertz CT molecular complexity index is 780. The molecule has 0 aromatic heterocycles. The van der Waals surface area contributed by atoms with Gasteiger partial charge in [-0.05, 0) is 49.6 Å². The molecule has 3 nitrogen and oxygen atoms in total. The van der Waals surface area contributed by atoms with Crippen molar-refractivity contribution in [3.63, 3.8) is 0 Å². The first-order chi connectivity index (χ1) is 10.9. The summed E-state index contributed by atoms with van der Waals surface area (Å²) in [6.07, 6.45) is 0.508. The largest absolute Gasteiger partial charge is 0.493 e. The molecule has 1 aliphatic rings. The lowest BCUT2D eigenvalue weighted by Crippen LogP contribution is -2.29. The lowest BCUT2D eigenvalue weighted by atomic mass is 9.79. The van der Waals surface area contributed by atoms with Crippen LogP contribution in [0.3, 0.4) is 0 Å². The maximum Gasteiger partial charge on any atom is 0.174 e. The molecule has 0 saturated carbocycles. The first-order valence-corrected chi connectivity index (χ1v) is 7.47. The van der Waals surface area contributed by atoms with E-state index in [1.54, 1.807) is 26.4 Å². The Kier molecular flexibility index (Phi) is 3.63. The van der Waals surface area contributed by atoms with Crippen LogP contribution in [-0.4, -0.2) is 20.0 Å². The molecule has 120 valence electrons. The van der Waals surface area contributed by atoms with E-state index in [2.05, 4.69) is 0 Å². The van der Waals surface area contributed by atoms with Gasteiger partial charge in [0.15, 0.2) is 17.3 Å². The summed E-state index contributed by atoms with van der Waals surface area (Å²) in [6, 6.07) is 7.96. The molecule has 0 radical (unpaired) electrons. The van der Waals surface area contributed by atoms with Crippen LogP contribution in [0.1, 0.15) is 34.0 Å². The molecule has 23 heavy (non-hydrogen) atoms. The van der Waals surface area contributed by atoms with Crippen molar-refractivity contribution in [2.75, 3.05) is 14.2 Å². The van der Waals surface area contributed by atoms with Crippen LogP contribution >= 0.6 is 0 Å². The number of fused-ring (bicyclic) bond motifs is 1. The van der Waals surface area contributed by atoms with Crippen LogP contribution in [0.2, 0.25) is 0 Å². The van der Waals surface area contributed by atoms with Crippen molar-refractivity contribution in [2.45, 2.75) is 25.7 Å². The summed E-state index contributed by atoms with van der Waals surface area (Å²) in [5.74, 6) is 0.959. The third kappa shape index (κ3) is 2.21. The fourth-order valence-electron chi connectivity index (χ4n) is 3.46. The van der Waals surface area contributed by atoms with Crippen LogP contribution in [0.5, 0.6) is 11.5 Å². The molecule has 0 N–H and O–H groups in total. The molecule has 4 heteroatoms. The van der Waals surface area contributed by atoms with E-state index < -0.39 is 5.41 Å². The summed E-state index contributed by atoms with van der Waals surface area (Å²) in [6.45, 7) is 3.79. The first kappa shape index (κ1) is 15.5. The van der Waals surface area contributed by atoms with E-state index in [0.29, 0.717) is 23.5 Å². The number of rotatable bonds is 3. The number of methoxy groups -OCH3 is 2. The monoisotopic (exact) mass is 314 g/mol. The molecule has 0 fully saturated rings. The van der Waals surface area contributed by atoms with E-state index in [-0.39, 0.29) is 11.6 Å². The first-order valence-electron chi connectivity index (χ1n) is 7.47. The van der Waals surface area contributed by atoms with Crippen LogP contribution in [-0.2, 0) is 11.8 Å². The molecule has 0 bridgehead atoms. The van der Waals surface area contributed by atoms with Crippen molar-refractivity contribution < 1.29 is 18.7 Å². The SMILES string of the molecule is COc1cc(C)c2c(c1OC)CC(C)(c1ccc(F)cc1)C2=O. The second-order valence-electron chi connectivity index (χ2n) is 6.13. The third-order valence-corrected chi connectivity index (χ3v) is 4.71. The Labute approximate surface area is 135 Å². The van der Waals surface area contributed by atoms with Crippen molar-refractivity contribution in [1.82, 2.24) is 0 Å². The van der Waals surface area contributed by atoms with Gasteiger partial charge in [0.1, 0.15) is 5.82 Å². The van der Waals surface area contributed by atoms with Gasteiger partial charge in [-0.3, -0.25) is 4.79 Å². The maximum atomic E-state index is 13.2. The van der Waals surface area contributed by atoms with E-state index in [4.69, 9.17) is 9.47 Å². The van der Waals surface area contributed by atoms with Crippen LogP contribution in [0.15, 0.2) is 30.3 Å². The van der Waals surface area contributed by atoms with Gasteiger partial charge in [-0.2, -0.15) is 0 Å². The van der Waals surface area contributed by atoms with Crippen molar-refractivity contribution in [3.8, 4) is 11.5 Å². The Morgan fingerprint density at radius 3 is 2.35 bits per heavy atom. The van der Waals surface area contributed by atoms with Crippen LogP contribution in [0.4, 0.5) is 4.39 Å². The molecule has 1 atom stereocenters. The average Bonchev–Trinajstić information content (AvgIpc) is 2.81. The zero-order valence-corrected chi connectivity index (χ0v) is 13.7. The minimum Gasteiger partial charge on any atom is -0.493 e. The molecule has 0 spiro atoms. The average molecular weight is 314 g/mol. The Balaban J connectivity index is 2.18. The molecule has 0 heterocycles. The van der Waals surface area contributed by atoms with Crippen LogP contribution < -0.4 is 9.47 Å². The Morgan fingerprint density at radius 2 is 1.78 bits per heavy atom. The fraction of sp³-hybridized carbons (Fsp3) is 0.316. The number of carbonyl (C=O) groups is 1. The highest BCUT2D eigenvalue weighted by Crippen LogP contribution is 2.47. The van der Waals surface area contributed by atoms with E-state index in [0.717, 1.165) is 16.7 Å². The molecular weight excluding hydrogens is 295 g/mol. The number of benzene rings is 2. The number of hydrogen-bond acceptors (Lipinski definition) is 3. The Morgan fingerprint density at radius 1 is 1.13 bits per heavy atom. The normalized spacial score (nSPS) is 19.6. The molecule has 3 rings (SSSR count). The van der Waals surface area contributed by atoms with Crippen molar-refractivity contribution in [3.05, 3.63) is 58.4 Å². The second-order valence-corrected chi connectivity index (χ2v) is 6.13. The number of hydrogen-bond donors (Lipinski definition) is 0. The number of carbonyl (C=O) groups excluding carboxylic acids is 1. The van der Waals surface area contributed by atoms with Gasteiger partial charge in [0, 0.05) is 11.1 Å². The van der Waals surface area contributed by atoms with Crippen molar-refractivity contribution in [1.29, 1.82) is 0 Å². The molecule has 0 saturated heterocycles. The fourth-order valence-corrected chi connectivity index (χ4v) is 3.46. The highest BCUT2D eigenvalue weighted by Gasteiger charge is 2.45. The van der Waals surface area contributed by atoms with Crippen molar-refractivity contribution >= 4 is 5.78 Å². The van der Waals surface area contributed by atoms with Gasteiger partial charge in [0.05, 0.1) is 19.6 Å². The predicted octanol–water partition coefficient (Wildman–Crippen LogP) is 3.85. The molecule has 2 aromatic rings. The summed E-state index contributed by atoms with van der Waals surface area (Å²) in [7, 11) is 3.16. The van der Waals surface area contributed by atoms with E-state index in [1.165, 1.54) is 12.1 Å². The number of ether oxygens (including phenoxy) is 2. The molecule has 1 aliphatic carbocycles.